The van der Waals surface area contributed by atoms with Crippen molar-refractivity contribution in [2.45, 2.75) is 32.4 Å². The number of carbonyl (C=O) groups excluding carboxylic acids is 1. The average molecular weight is 351 g/mol. The van der Waals surface area contributed by atoms with Crippen LogP contribution in [0.2, 0.25) is 0 Å². The summed E-state index contributed by atoms with van der Waals surface area (Å²) in [6.45, 7) is 5.43. The van der Waals surface area contributed by atoms with E-state index in [9.17, 15) is 4.79 Å². The smallest absolute Gasteiger partial charge is 0.408 e. The fraction of sp³-hybridized carbons (Fsp3) is 0.250. The molecule has 1 atom stereocenters. The van der Waals surface area contributed by atoms with Gasteiger partial charge in [-0.1, -0.05) is 65.8 Å². The number of benzene rings is 2. The Morgan fingerprint density at radius 1 is 1.04 bits per heavy atom. The highest BCUT2D eigenvalue weighted by molar-refractivity contribution is 5.69. The Morgan fingerprint density at radius 3 is 2.27 bits per heavy atom. The van der Waals surface area contributed by atoms with E-state index < -0.39 is 17.7 Å². The third-order valence-corrected chi connectivity index (χ3v) is 3.51. The van der Waals surface area contributed by atoms with E-state index in [4.69, 9.17) is 9.26 Å². The average Bonchev–Trinajstić information content (AvgIpc) is 3.09. The normalized spacial score (nSPS) is 12.4. The molecule has 1 N–H and O–H groups in total. The van der Waals surface area contributed by atoms with E-state index in [1.807, 2.05) is 81.4 Å². The van der Waals surface area contributed by atoms with Gasteiger partial charge in [0.25, 0.3) is 5.89 Å². The number of aromatic nitrogens is 2. The van der Waals surface area contributed by atoms with Crippen LogP contribution in [0.1, 0.15) is 38.3 Å². The molecule has 0 fully saturated rings. The van der Waals surface area contributed by atoms with E-state index in [-0.39, 0.29) is 0 Å². The molecule has 6 heteroatoms. The van der Waals surface area contributed by atoms with Gasteiger partial charge in [0, 0.05) is 5.56 Å². The molecule has 1 heterocycles. The molecule has 0 saturated carbocycles. The minimum Gasteiger partial charge on any atom is -0.444 e. The summed E-state index contributed by atoms with van der Waals surface area (Å²) in [4.78, 5) is 16.7. The summed E-state index contributed by atoms with van der Waals surface area (Å²) in [7, 11) is 0. The fourth-order valence-electron chi connectivity index (χ4n) is 2.42. The summed E-state index contributed by atoms with van der Waals surface area (Å²) in [5.41, 5.74) is 1.06. The van der Waals surface area contributed by atoms with Crippen molar-refractivity contribution in [1.82, 2.24) is 15.5 Å². The maximum absolute atomic E-state index is 12.3. The van der Waals surface area contributed by atoms with E-state index in [1.54, 1.807) is 0 Å². The van der Waals surface area contributed by atoms with Crippen LogP contribution in [0.5, 0.6) is 0 Å². The van der Waals surface area contributed by atoms with Crippen molar-refractivity contribution in [3.05, 3.63) is 72.1 Å². The van der Waals surface area contributed by atoms with Crippen LogP contribution in [0.3, 0.4) is 0 Å². The first-order valence-corrected chi connectivity index (χ1v) is 8.36. The fourth-order valence-corrected chi connectivity index (χ4v) is 2.42. The maximum Gasteiger partial charge on any atom is 0.408 e. The summed E-state index contributed by atoms with van der Waals surface area (Å²) < 4.78 is 10.8. The molecule has 0 aliphatic rings. The van der Waals surface area contributed by atoms with Crippen LogP contribution in [0.4, 0.5) is 4.79 Å². The lowest BCUT2D eigenvalue weighted by molar-refractivity contribution is 0.0504. The molecule has 0 aliphatic heterocycles. The highest BCUT2D eigenvalue weighted by atomic mass is 16.6. The molecule has 3 rings (SSSR count). The van der Waals surface area contributed by atoms with Gasteiger partial charge in [-0.2, -0.15) is 4.98 Å². The zero-order valence-electron chi connectivity index (χ0n) is 15.0. The monoisotopic (exact) mass is 351 g/mol. The van der Waals surface area contributed by atoms with Gasteiger partial charge < -0.3 is 14.6 Å². The van der Waals surface area contributed by atoms with Gasteiger partial charge in [-0.25, -0.2) is 4.79 Å². The van der Waals surface area contributed by atoms with Crippen LogP contribution < -0.4 is 5.32 Å². The Balaban J connectivity index is 1.89. The molecule has 1 amide bonds. The van der Waals surface area contributed by atoms with Crippen molar-refractivity contribution >= 4 is 6.09 Å². The van der Waals surface area contributed by atoms with Gasteiger partial charge in [-0.15, -0.1) is 0 Å². The lowest BCUT2D eigenvalue weighted by atomic mass is 10.1. The first-order chi connectivity index (χ1) is 12.4. The predicted octanol–water partition coefficient (Wildman–Crippen LogP) is 4.35. The topological polar surface area (TPSA) is 77.2 Å². The van der Waals surface area contributed by atoms with Crippen molar-refractivity contribution in [3.8, 4) is 11.4 Å². The first kappa shape index (κ1) is 17.7. The van der Waals surface area contributed by atoms with Crippen molar-refractivity contribution < 1.29 is 14.1 Å². The van der Waals surface area contributed by atoms with E-state index in [0.717, 1.165) is 11.1 Å². The Kier molecular flexibility index (Phi) is 5.02. The summed E-state index contributed by atoms with van der Waals surface area (Å²) in [5.74, 6) is 0.758. The van der Waals surface area contributed by atoms with Crippen LogP contribution in [0.15, 0.2) is 65.2 Å². The first-order valence-electron chi connectivity index (χ1n) is 8.36. The lowest BCUT2D eigenvalue weighted by Crippen LogP contribution is -2.35. The van der Waals surface area contributed by atoms with E-state index >= 15 is 0 Å². The highest BCUT2D eigenvalue weighted by Gasteiger charge is 2.26. The van der Waals surface area contributed by atoms with E-state index in [2.05, 4.69) is 15.5 Å². The molecule has 1 unspecified atom stereocenters. The van der Waals surface area contributed by atoms with Crippen molar-refractivity contribution in [2.24, 2.45) is 0 Å². The number of nitrogens with zero attached hydrogens (tertiary/aromatic N) is 2. The van der Waals surface area contributed by atoms with Crippen LogP contribution >= 0.6 is 0 Å². The second-order valence-corrected chi connectivity index (χ2v) is 6.81. The molecule has 0 bridgehead atoms. The summed E-state index contributed by atoms with van der Waals surface area (Å²) in [5, 5.41) is 6.85. The Hall–Kier alpha value is -3.15. The van der Waals surface area contributed by atoms with Gasteiger partial charge in [0.2, 0.25) is 5.82 Å². The molecule has 3 aromatic rings. The van der Waals surface area contributed by atoms with E-state index in [1.165, 1.54) is 0 Å². The summed E-state index contributed by atoms with van der Waals surface area (Å²) in [6, 6.07) is 18.3. The molecule has 0 spiro atoms. The lowest BCUT2D eigenvalue weighted by Gasteiger charge is -2.22. The molecular formula is C20H21N3O3. The number of hydrogen-bond donors (Lipinski definition) is 1. The second-order valence-electron chi connectivity index (χ2n) is 6.81. The molecular weight excluding hydrogens is 330 g/mol. The molecule has 6 nitrogen and oxygen atoms in total. The van der Waals surface area contributed by atoms with Gasteiger partial charge in [0.05, 0.1) is 0 Å². The number of alkyl carbamates (subject to hydrolysis) is 1. The van der Waals surface area contributed by atoms with Gasteiger partial charge in [-0.05, 0) is 26.3 Å². The minimum atomic E-state index is -0.602. The molecule has 0 aliphatic carbocycles. The molecule has 0 radical (unpaired) electrons. The summed E-state index contributed by atoms with van der Waals surface area (Å²) in [6.07, 6.45) is -0.550. The molecule has 26 heavy (non-hydrogen) atoms. The standard InChI is InChI=1S/C20H21N3O3/c1-20(2,3)25-19(24)21-16(14-10-6-4-7-11-14)18-22-17(23-26-18)15-12-8-5-9-13-15/h4-13,16H,1-3H3,(H,21,24). The van der Waals surface area contributed by atoms with Gasteiger partial charge in [0.15, 0.2) is 0 Å². The van der Waals surface area contributed by atoms with Crippen molar-refractivity contribution in [3.63, 3.8) is 0 Å². The largest absolute Gasteiger partial charge is 0.444 e. The number of carbonyl (C=O) groups is 1. The van der Waals surface area contributed by atoms with Gasteiger partial charge >= 0.3 is 6.09 Å². The molecule has 2 aromatic carbocycles. The predicted molar refractivity (Wildman–Crippen MR) is 97.4 cm³/mol. The molecule has 134 valence electrons. The van der Waals surface area contributed by atoms with Crippen LogP contribution in [-0.4, -0.2) is 21.8 Å². The van der Waals surface area contributed by atoms with E-state index in [0.29, 0.717) is 11.7 Å². The van der Waals surface area contributed by atoms with Crippen molar-refractivity contribution in [2.75, 3.05) is 0 Å². The second kappa shape index (κ2) is 7.39. The number of rotatable bonds is 4. The number of ether oxygens (including phenoxy) is 1. The van der Waals surface area contributed by atoms with Gasteiger partial charge in [0.1, 0.15) is 11.6 Å². The third-order valence-electron chi connectivity index (χ3n) is 3.51. The Morgan fingerprint density at radius 2 is 1.65 bits per heavy atom. The molecule has 1 aromatic heterocycles. The molecule has 0 saturated heterocycles. The zero-order chi connectivity index (χ0) is 18.6. The maximum atomic E-state index is 12.3. The Labute approximate surface area is 152 Å². The number of amides is 1. The highest BCUT2D eigenvalue weighted by Crippen LogP contribution is 2.24. The SMILES string of the molecule is CC(C)(C)OC(=O)NC(c1ccccc1)c1nc(-c2ccccc2)no1. The van der Waals surface area contributed by atoms with Gasteiger partial charge in [-0.3, -0.25) is 0 Å². The third kappa shape index (κ3) is 4.47. The van der Waals surface area contributed by atoms with Crippen LogP contribution in [0.25, 0.3) is 11.4 Å². The number of nitrogens with one attached hydrogen (secondary N) is 1. The minimum absolute atomic E-state index is 0.293. The van der Waals surface area contributed by atoms with Crippen LogP contribution in [-0.2, 0) is 4.74 Å². The quantitative estimate of drug-likeness (QED) is 0.756. The van der Waals surface area contributed by atoms with Crippen molar-refractivity contribution in [1.29, 1.82) is 0 Å². The summed E-state index contributed by atoms with van der Waals surface area (Å²) >= 11 is 0. The van der Waals surface area contributed by atoms with Crippen LogP contribution in [0, 0.1) is 0 Å². The number of hydrogen-bond acceptors (Lipinski definition) is 5. The Bertz CT molecular complexity index is 855. The zero-order valence-corrected chi connectivity index (χ0v) is 15.0.